The molecule has 0 bridgehead atoms. The molecule has 0 spiro atoms. The molecule has 0 aromatic heterocycles. The second kappa shape index (κ2) is 5.97. The fourth-order valence-electron chi connectivity index (χ4n) is 2.40. The van der Waals surface area contributed by atoms with Crippen molar-refractivity contribution in [3.8, 4) is 0 Å². The summed E-state index contributed by atoms with van der Waals surface area (Å²) in [5, 5.41) is 19.4. The third-order valence-electron chi connectivity index (χ3n) is 3.79. The molecule has 0 atom stereocenters. The first-order valence-electron chi connectivity index (χ1n) is 6.63. The highest BCUT2D eigenvalue weighted by Gasteiger charge is 2.35. The second-order valence-corrected chi connectivity index (χ2v) is 6.49. The highest BCUT2D eigenvalue weighted by atomic mass is 32.2. The van der Waals surface area contributed by atoms with Gasteiger partial charge in [-0.25, -0.2) is 0 Å². The predicted molar refractivity (Wildman–Crippen MR) is 76.4 cm³/mol. The van der Waals surface area contributed by atoms with Crippen molar-refractivity contribution in [2.45, 2.75) is 43.1 Å². The molecule has 19 heavy (non-hydrogen) atoms. The summed E-state index contributed by atoms with van der Waals surface area (Å²) in [4.78, 5) is 12.0. The van der Waals surface area contributed by atoms with Gasteiger partial charge in [-0.1, -0.05) is 17.7 Å². The van der Waals surface area contributed by atoms with E-state index in [1.54, 1.807) is 11.8 Å². The molecule has 1 aromatic carbocycles. The summed E-state index contributed by atoms with van der Waals surface area (Å²) in [5.74, 6) is -0.361. The first kappa shape index (κ1) is 14.4. The SMILES string of the molecule is Cc1ccc(SCC2(O)CCC(C(=O)O)CC2)cc1. The molecule has 0 saturated heterocycles. The van der Waals surface area contributed by atoms with Gasteiger partial charge in [0.1, 0.15) is 0 Å². The van der Waals surface area contributed by atoms with Gasteiger partial charge in [0.15, 0.2) is 0 Å². The molecule has 2 rings (SSSR count). The fourth-order valence-corrected chi connectivity index (χ4v) is 3.45. The summed E-state index contributed by atoms with van der Waals surface area (Å²) >= 11 is 1.65. The minimum atomic E-state index is -0.728. The number of rotatable bonds is 4. The first-order valence-corrected chi connectivity index (χ1v) is 7.62. The van der Waals surface area contributed by atoms with E-state index < -0.39 is 11.6 Å². The van der Waals surface area contributed by atoms with Crippen molar-refractivity contribution in [2.24, 2.45) is 5.92 Å². The normalized spacial score (nSPS) is 27.2. The van der Waals surface area contributed by atoms with E-state index in [1.165, 1.54) is 5.56 Å². The predicted octanol–water partition coefficient (Wildman–Crippen LogP) is 3.09. The Balaban J connectivity index is 1.86. The lowest BCUT2D eigenvalue weighted by Crippen LogP contribution is -2.38. The van der Waals surface area contributed by atoms with Crippen LogP contribution in [0.25, 0.3) is 0 Å². The lowest BCUT2D eigenvalue weighted by molar-refractivity contribution is -0.144. The number of carboxylic acid groups (broad SMARTS) is 1. The third kappa shape index (κ3) is 3.98. The van der Waals surface area contributed by atoms with E-state index in [1.807, 2.05) is 0 Å². The zero-order valence-corrected chi connectivity index (χ0v) is 11.9. The van der Waals surface area contributed by atoms with Crippen LogP contribution in [-0.2, 0) is 4.79 Å². The fraction of sp³-hybridized carbons (Fsp3) is 0.533. The maximum atomic E-state index is 10.9. The standard InChI is InChI=1S/C15H20O3S/c1-11-2-4-13(5-3-11)19-10-15(18)8-6-12(7-9-15)14(16)17/h2-5,12,18H,6-10H2,1H3,(H,16,17). The van der Waals surface area contributed by atoms with Gasteiger partial charge in [0.2, 0.25) is 0 Å². The molecule has 2 N–H and O–H groups in total. The second-order valence-electron chi connectivity index (χ2n) is 5.44. The number of aliphatic carboxylic acids is 1. The first-order chi connectivity index (χ1) is 8.98. The molecule has 1 aliphatic carbocycles. The van der Waals surface area contributed by atoms with E-state index in [2.05, 4.69) is 31.2 Å². The largest absolute Gasteiger partial charge is 0.481 e. The number of carbonyl (C=O) groups is 1. The van der Waals surface area contributed by atoms with E-state index in [9.17, 15) is 9.90 Å². The topological polar surface area (TPSA) is 57.5 Å². The van der Waals surface area contributed by atoms with Gasteiger partial charge in [-0.3, -0.25) is 4.79 Å². The molecule has 1 saturated carbocycles. The maximum absolute atomic E-state index is 10.9. The molecule has 1 aromatic rings. The molecular formula is C15H20O3S. The number of carboxylic acids is 1. The monoisotopic (exact) mass is 280 g/mol. The minimum absolute atomic E-state index is 0.273. The van der Waals surface area contributed by atoms with Crippen LogP contribution in [0.2, 0.25) is 0 Å². The van der Waals surface area contributed by atoms with E-state index in [0.717, 1.165) is 4.90 Å². The molecule has 0 radical (unpaired) electrons. The molecule has 0 amide bonds. The van der Waals surface area contributed by atoms with Crippen LogP contribution in [0.1, 0.15) is 31.2 Å². The highest BCUT2D eigenvalue weighted by Crippen LogP contribution is 2.36. The van der Waals surface area contributed by atoms with Crippen molar-refractivity contribution in [3.63, 3.8) is 0 Å². The van der Waals surface area contributed by atoms with Crippen LogP contribution in [0.15, 0.2) is 29.2 Å². The number of hydrogen-bond donors (Lipinski definition) is 2. The Kier molecular flexibility index (Phi) is 4.53. The van der Waals surface area contributed by atoms with Gasteiger partial charge >= 0.3 is 5.97 Å². The summed E-state index contributed by atoms with van der Waals surface area (Å²) in [5.41, 5.74) is 0.520. The summed E-state index contributed by atoms with van der Waals surface area (Å²) in [6, 6.07) is 8.25. The number of aliphatic hydroxyl groups is 1. The van der Waals surface area contributed by atoms with Crippen LogP contribution in [0.4, 0.5) is 0 Å². The van der Waals surface area contributed by atoms with Gasteiger partial charge in [0.05, 0.1) is 11.5 Å². The van der Waals surface area contributed by atoms with Crippen molar-refractivity contribution < 1.29 is 15.0 Å². The lowest BCUT2D eigenvalue weighted by atomic mass is 9.80. The van der Waals surface area contributed by atoms with Crippen molar-refractivity contribution in [1.29, 1.82) is 0 Å². The third-order valence-corrected chi connectivity index (χ3v) is 5.08. The molecule has 0 heterocycles. The van der Waals surface area contributed by atoms with Crippen LogP contribution in [0.5, 0.6) is 0 Å². The number of benzene rings is 1. The van der Waals surface area contributed by atoms with Crippen molar-refractivity contribution in [2.75, 3.05) is 5.75 Å². The van der Waals surface area contributed by atoms with Gasteiger partial charge in [-0.2, -0.15) is 0 Å². The van der Waals surface area contributed by atoms with E-state index in [4.69, 9.17) is 5.11 Å². The molecule has 104 valence electrons. The summed E-state index contributed by atoms with van der Waals surface area (Å²) in [7, 11) is 0. The van der Waals surface area contributed by atoms with Crippen LogP contribution in [0, 0.1) is 12.8 Å². The van der Waals surface area contributed by atoms with Crippen molar-refractivity contribution in [1.82, 2.24) is 0 Å². The van der Waals surface area contributed by atoms with E-state index >= 15 is 0 Å². The molecule has 3 nitrogen and oxygen atoms in total. The summed E-state index contributed by atoms with van der Waals surface area (Å²) in [6.45, 7) is 2.05. The Labute approximate surface area is 118 Å². The number of aryl methyl sites for hydroxylation is 1. The van der Waals surface area contributed by atoms with Crippen LogP contribution in [-0.4, -0.2) is 27.5 Å². The quantitative estimate of drug-likeness (QED) is 0.832. The van der Waals surface area contributed by atoms with Crippen LogP contribution in [0.3, 0.4) is 0 Å². The summed E-state index contributed by atoms with van der Waals surface area (Å²) in [6.07, 6.45) is 2.34. The van der Waals surface area contributed by atoms with E-state index in [-0.39, 0.29) is 5.92 Å². The van der Waals surface area contributed by atoms with E-state index in [0.29, 0.717) is 31.4 Å². The Morgan fingerprint density at radius 2 is 1.89 bits per heavy atom. The average Bonchev–Trinajstić information content (AvgIpc) is 2.39. The van der Waals surface area contributed by atoms with Crippen LogP contribution < -0.4 is 0 Å². The minimum Gasteiger partial charge on any atom is -0.481 e. The average molecular weight is 280 g/mol. The Hall–Kier alpha value is -1.00. The number of hydrogen-bond acceptors (Lipinski definition) is 3. The van der Waals surface area contributed by atoms with Gasteiger partial charge in [-0.05, 0) is 44.7 Å². The van der Waals surface area contributed by atoms with Gasteiger partial charge < -0.3 is 10.2 Å². The summed E-state index contributed by atoms with van der Waals surface area (Å²) < 4.78 is 0. The smallest absolute Gasteiger partial charge is 0.306 e. The molecule has 4 heteroatoms. The highest BCUT2D eigenvalue weighted by molar-refractivity contribution is 7.99. The van der Waals surface area contributed by atoms with Crippen LogP contribution >= 0.6 is 11.8 Å². The Morgan fingerprint density at radius 3 is 2.42 bits per heavy atom. The van der Waals surface area contributed by atoms with Crippen molar-refractivity contribution in [3.05, 3.63) is 29.8 Å². The van der Waals surface area contributed by atoms with Gasteiger partial charge in [0.25, 0.3) is 0 Å². The Morgan fingerprint density at radius 1 is 1.32 bits per heavy atom. The van der Waals surface area contributed by atoms with Gasteiger partial charge in [0, 0.05) is 10.6 Å². The molecular weight excluding hydrogens is 260 g/mol. The molecule has 1 fully saturated rings. The maximum Gasteiger partial charge on any atom is 0.306 e. The molecule has 1 aliphatic rings. The zero-order chi connectivity index (χ0) is 13.9. The Bertz CT molecular complexity index is 433. The van der Waals surface area contributed by atoms with Gasteiger partial charge in [-0.15, -0.1) is 11.8 Å². The lowest BCUT2D eigenvalue weighted by Gasteiger charge is -2.34. The molecule has 0 aliphatic heterocycles. The number of thioether (sulfide) groups is 1. The van der Waals surface area contributed by atoms with Crippen molar-refractivity contribution >= 4 is 17.7 Å². The molecule has 0 unspecified atom stereocenters. The zero-order valence-electron chi connectivity index (χ0n) is 11.1.